The van der Waals surface area contributed by atoms with Crippen molar-refractivity contribution in [2.45, 2.75) is 39.2 Å². The monoisotopic (exact) mass is 349 g/mol. The molecule has 0 bridgehead atoms. The van der Waals surface area contributed by atoms with Gasteiger partial charge in [0.15, 0.2) is 0 Å². The Bertz CT molecular complexity index is 331. The summed E-state index contributed by atoms with van der Waals surface area (Å²) in [5.74, 6) is 0.299. The number of carboxylic acid groups (broad SMARTS) is 1. The molecule has 0 aliphatic carbocycles. The fraction of sp³-hybridized carbons (Fsp3) is 0.714. The number of ether oxygens (including phenoxy) is 1. The summed E-state index contributed by atoms with van der Waals surface area (Å²) in [5, 5.41) is 9.61. The lowest BCUT2D eigenvalue weighted by Gasteiger charge is -2.28. The molecule has 1 heterocycles. The van der Waals surface area contributed by atoms with Crippen LogP contribution in [0.5, 0.6) is 0 Å². The molecule has 1 aliphatic heterocycles. The summed E-state index contributed by atoms with van der Waals surface area (Å²) in [5.41, 5.74) is -0.398. The zero-order valence-electron chi connectivity index (χ0n) is 12.4. The Labute approximate surface area is 129 Å². The largest absolute Gasteiger partial charge is 0.465 e. The minimum absolute atomic E-state index is 0.373. The molecular weight excluding hydrogens is 326 g/mol. The van der Waals surface area contributed by atoms with E-state index in [1.807, 2.05) is 20.8 Å². The predicted octanol–water partition coefficient (Wildman–Crippen LogP) is 3.29. The maximum absolute atomic E-state index is 10.5. The number of halogens is 1. The van der Waals surface area contributed by atoms with Crippen molar-refractivity contribution < 1.29 is 19.4 Å². The number of alkyl halides is 1. The predicted molar refractivity (Wildman–Crippen MR) is 82.2 cm³/mol. The zero-order valence-corrected chi connectivity index (χ0v) is 14.0. The lowest BCUT2D eigenvalue weighted by atomic mass is 10.00. The lowest BCUT2D eigenvalue weighted by molar-refractivity contribution is -0.148. The van der Waals surface area contributed by atoms with Gasteiger partial charge in [-0.15, -0.1) is 0 Å². The van der Waals surface area contributed by atoms with E-state index in [2.05, 4.69) is 22.5 Å². The second-order valence-electron chi connectivity index (χ2n) is 5.60. The van der Waals surface area contributed by atoms with Crippen LogP contribution in [0.4, 0.5) is 4.79 Å². The number of piperidine rings is 1. The molecule has 0 aromatic rings. The summed E-state index contributed by atoms with van der Waals surface area (Å²) >= 11 is 3.40. The van der Waals surface area contributed by atoms with Gasteiger partial charge in [-0.25, -0.2) is 9.59 Å². The molecule has 6 heteroatoms. The van der Waals surface area contributed by atoms with E-state index in [4.69, 9.17) is 9.84 Å². The van der Waals surface area contributed by atoms with E-state index in [9.17, 15) is 9.59 Å². The molecular formula is C14H24BrNO4. The van der Waals surface area contributed by atoms with Gasteiger partial charge in [0.2, 0.25) is 0 Å². The van der Waals surface area contributed by atoms with Crippen LogP contribution in [-0.4, -0.2) is 46.1 Å². The normalized spacial score (nSPS) is 15.9. The topological polar surface area (TPSA) is 66.8 Å². The number of likely N-dealkylation sites (tertiary alicyclic amines) is 1. The van der Waals surface area contributed by atoms with Gasteiger partial charge >= 0.3 is 12.1 Å². The molecule has 116 valence electrons. The molecule has 0 spiro atoms. The third-order valence-corrected chi connectivity index (χ3v) is 3.59. The molecule has 0 aromatic carbocycles. The van der Waals surface area contributed by atoms with Crippen molar-refractivity contribution in [2.24, 2.45) is 5.92 Å². The summed E-state index contributed by atoms with van der Waals surface area (Å²) in [4.78, 5) is 22.4. The average molecular weight is 350 g/mol. The average Bonchev–Trinajstić information content (AvgIpc) is 2.37. The molecule has 1 amide bonds. The molecule has 1 N–H and O–H groups in total. The van der Waals surface area contributed by atoms with Gasteiger partial charge in [-0.05, 0) is 39.5 Å². The van der Waals surface area contributed by atoms with Gasteiger partial charge in [-0.3, -0.25) is 0 Å². The van der Waals surface area contributed by atoms with E-state index >= 15 is 0 Å². The molecule has 0 aromatic heterocycles. The minimum Gasteiger partial charge on any atom is -0.465 e. The van der Waals surface area contributed by atoms with Crippen molar-refractivity contribution in [1.29, 1.82) is 0 Å². The van der Waals surface area contributed by atoms with Crippen molar-refractivity contribution in [2.75, 3.05) is 18.4 Å². The molecule has 0 saturated carbocycles. The number of hydrogen-bond acceptors (Lipinski definition) is 3. The molecule has 1 rings (SSSR count). The number of carbonyl (C=O) groups is 2. The van der Waals surface area contributed by atoms with Crippen molar-refractivity contribution >= 4 is 28.0 Å². The van der Waals surface area contributed by atoms with Gasteiger partial charge in [-0.2, -0.15) is 0 Å². The molecule has 1 saturated heterocycles. The Kier molecular flexibility index (Phi) is 8.53. The molecule has 0 radical (unpaired) electrons. The van der Waals surface area contributed by atoms with Crippen molar-refractivity contribution in [3.63, 3.8) is 0 Å². The summed E-state index contributed by atoms with van der Waals surface area (Å²) in [6, 6.07) is 0. The highest BCUT2D eigenvalue weighted by Gasteiger charge is 2.20. The van der Waals surface area contributed by atoms with Crippen LogP contribution in [0.1, 0.15) is 33.6 Å². The maximum Gasteiger partial charge on any atom is 0.407 e. The number of rotatable bonds is 2. The number of esters is 1. The first-order valence-electron chi connectivity index (χ1n) is 6.59. The standard InChI is InChI=1S/C7H12BrNO2.C7H12O2/c8-5-6-1-3-9(4-2-6)7(10)11;1-5-6(8)9-7(2,3)4/h6H,1-5H2,(H,10,11);5H,1H2,2-4H3. The third kappa shape index (κ3) is 8.96. The van der Waals surface area contributed by atoms with E-state index in [1.165, 1.54) is 4.90 Å². The van der Waals surface area contributed by atoms with E-state index in [-0.39, 0.29) is 5.97 Å². The first-order valence-corrected chi connectivity index (χ1v) is 7.71. The van der Waals surface area contributed by atoms with Gasteiger partial charge in [0, 0.05) is 24.5 Å². The molecule has 0 atom stereocenters. The van der Waals surface area contributed by atoms with Gasteiger partial charge in [0.05, 0.1) is 0 Å². The van der Waals surface area contributed by atoms with Gasteiger partial charge in [0.25, 0.3) is 0 Å². The Morgan fingerprint density at radius 1 is 1.40 bits per heavy atom. The van der Waals surface area contributed by atoms with Crippen LogP contribution in [0.25, 0.3) is 0 Å². The van der Waals surface area contributed by atoms with Crippen molar-refractivity contribution in [1.82, 2.24) is 4.90 Å². The third-order valence-electron chi connectivity index (χ3n) is 2.68. The second kappa shape index (κ2) is 9.00. The SMILES string of the molecule is C=CC(=O)OC(C)(C)C.O=C(O)N1CCC(CBr)CC1. The maximum atomic E-state index is 10.5. The Hall–Kier alpha value is -1.04. The zero-order chi connectivity index (χ0) is 15.8. The second-order valence-corrected chi connectivity index (χ2v) is 6.25. The Morgan fingerprint density at radius 2 is 1.90 bits per heavy atom. The van der Waals surface area contributed by atoms with Crippen LogP contribution >= 0.6 is 15.9 Å². The van der Waals surface area contributed by atoms with Crippen LogP contribution in [0, 0.1) is 5.92 Å². The van der Waals surface area contributed by atoms with Crippen LogP contribution in [-0.2, 0) is 9.53 Å². The quantitative estimate of drug-likeness (QED) is 0.471. The smallest absolute Gasteiger partial charge is 0.407 e. The lowest BCUT2D eigenvalue weighted by Crippen LogP contribution is -2.37. The van der Waals surface area contributed by atoms with Gasteiger partial charge < -0.3 is 14.7 Å². The van der Waals surface area contributed by atoms with E-state index in [0.717, 1.165) is 24.2 Å². The summed E-state index contributed by atoms with van der Waals surface area (Å²) in [6.45, 7) is 10.1. The van der Waals surface area contributed by atoms with E-state index < -0.39 is 11.7 Å². The van der Waals surface area contributed by atoms with Crippen LogP contribution in [0.2, 0.25) is 0 Å². The number of nitrogens with zero attached hydrogens (tertiary/aromatic N) is 1. The van der Waals surface area contributed by atoms with E-state index in [1.54, 1.807) is 0 Å². The minimum atomic E-state index is -0.780. The number of hydrogen-bond donors (Lipinski definition) is 1. The fourth-order valence-electron chi connectivity index (χ4n) is 1.62. The van der Waals surface area contributed by atoms with Crippen molar-refractivity contribution in [3.8, 4) is 0 Å². The van der Waals surface area contributed by atoms with E-state index in [0.29, 0.717) is 19.0 Å². The van der Waals surface area contributed by atoms with Crippen LogP contribution < -0.4 is 0 Å². The highest BCUT2D eigenvalue weighted by atomic mass is 79.9. The Balaban J connectivity index is 0.000000370. The first kappa shape index (κ1) is 19.0. The first-order chi connectivity index (χ1) is 9.19. The summed E-state index contributed by atoms with van der Waals surface area (Å²) in [6.07, 6.45) is 2.37. The van der Waals surface area contributed by atoms with Crippen molar-refractivity contribution in [3.05, 3.63) is 12.7 Å². The van der Waals surface area contributed by atoms with Gasteiger partial charge in [0.1, 0.15) is 5.60 Å². The summed E-state index contributed by atoms with van der Waals surface area (Å²) < 4.78 is 4.83. The van der Waals surface area contributed by atoms with Gasteiger partial charge in [-0.1, -0.05) is 22.5 Å². The molecule has 5 nitrogen and oxygen atoms in total. The highest BCUT2D eigenvalue weighted by Crippen LogP contribution is 2.18. The fourth-order valence-corrected chi connectivity index (χ4v) is 2.27. The molecule has 1 fully saturated rings. The Morgan fingerprint density at radius 3 is 2.15 bits per heavy atom. The molecule has 20 heavy (non-hydrogen) atoms. The van der Waals surface area contributed by atoms with Crippen LogP contribution in [0.15, 0.2) is 12.7 Å². The summed E-state index contributed by atoms with van der Waals surface area (Å²) in [7, 11) is 0. The molecule has 0 unspecified atom stereocenters. The molecule has 1 aliphatic rings. The number of carbonyl (C=O) groups excluding carboxylic acids is 1. The highest BCUT2D eigenvalue weighted by molar-refractivity contribution is 9.09. The van der Waals surface area contributed by atoms with Crippen LogP contribution in [0.3, 0.4) is 0 Å². The number of amides is 1.